The Labute approximate surface area is 278 Å². The van der Waals surface area contributed by atoms with Crippen molar-refractivity contribution in [1.29, 1.82) is 5.26 Å². The van der Waals surface area contributed by atoms with Gasteiger partial charge in [-0.2, -0.15) is 5.26 Å². The number of nitriles is 1. The van der Waals surface area contributed by atoms with Crippen LogP contribution < -0.4 is 0 Å². The minimum atomic E-state index is -0.539. The molecule has 48 heavy (non-hydrogen) atoms. The van der Waals surface area contributed by atoms with Crippen molar-refractivity contribution in [3.8, 4) is 28.6 Å². The Balaban J connectivity index is 0.000000131. The third-order valence-electron chi connectivity index (χ3n) is 11.0. The zero-order chi connectivity index (χ0) is 32.4. The second-order valence-corrected chi connectivity index (χ2v) is 13.3. The molecular formula is C40H34N6O2. The van der Waals surface area contributed by atoms with Gasteiger partial charge in [-0.15, -0.1) is 0 Å². The summed E-state index contributed by atoms with van der Waals surface area (Å²) in [6.45, 7) is 0. The summed E-state index contributed by atoms with van der Waals surface area (Å²) in [7, 11) is 0. The molecule has 6 aromatic rings. The number of hydrogen-bond acceptors (Lipinski definition) is 6. The SMILES string of the molecule is N#Cc1ccc2c(c1)CCC(C1c3ccccc3-c3cncn31)C2O.OC1c2ncccc2CCC1C1c2ccccc2-c2cncn21. The monoisotopic (exact) mass is 630 g/mol. The van der Waals surface area contributed by atoms with Crippen LogP contribution in [0.25, 0.3) is 22.5 Å². The lowest BCUT2D eigenvalue weighted by molar-refractivity contribution is 0.0679. The molecule has 0 bridgehead atoms. The van der Waals surface area contributed by atoms with Gasteiger partial charge < -0.3 is 19.3 Å². The predicted octanol–water partition coefficient (Wildman–Crippen LogP) is 6.76. The molecule has 5 heterocycles. The van der Waals surface area contributed by atoms with Crippen molar-refractivity contribution in [2.45, 2.75) is 50.0 Å². The van der Waals surface area contributed by atoms with Crippen LogP contribution in [-0.4, -0.2) is 34.3 Å². The molecule has 2 aliphatic heterocycles. The minimum absolute atomic E-state index is 0.0945. The maximum Gasteiger partial charge on any atom is 0.101 e. The maximum atomic E-state index is 11.1. The topological polar surface area (TPSA) is 113 Å². The van der Waals surface area contributed by atoms with Crippen LogP contribution in [-0.2, 0) is 12.8 Å². The number of hydrogen-bond donors (Lipinski definition) is 2. The van der Waals surface area contributed by atoms with Gasteiger partial charge in [0.15, 0.2) is 0 Å². The molecule has 0 saturated carbocycles. The standard InChI is InChI=1S/C21H17N3O.C19H17N3O/c22-10-13-5-7-15-14(9-13)6-8-18(21(15)25)20-17-4-2-1-3-16(17)19-11-23-12-24(19)20;23-19-15(8-7-12-4-3-9-21-17(12)19)18-14-6-2-1-5-13(14)16-10-20-11-22(16)18/h1-5,7,9,11-12,18,20-21,25H,6,8H2;1-6,9-11,15,18-19,23H,7-8H2. The molecule has 0 spiro atoms. The van der Waals surface area contributed by atoms with Gasteiger partial charge in [0.25, 0.3) is 0 Å². The summed E-state index contributed by atoms with van der Waals surface area (Å²) in [5.74, 6) is 0.214. The van der Waals surface area contributed by atoms with Gasteiger partial charge in [-0.3, -0.25) is 4.98 Å². The molecule has 0 saturated heterocycles. The first-order valence-corrected chi connectivity index (χ1v) is 16.7. The number of fused-ring (bicyclic) bond motifs is 8. The van der Waals surface area contributed by atoms with Gasteiger partial charge in [-0.05, 0) is 71.7 Å². The van der Waals surface area contributed by atoms with Crippen molar-refractivity contribution in [2.75, 3.05) is 0 Å². The summed E-state index contributed by atoms with van der Waals surface area (Å²) in [6.07, 6.45) is 12.0. The number of aliphatic hydroxyl groups excluding tert-OH is 2. The Hall–Kier alpha value is -5.36. The van der Waals surface area contributed by atoms with E-state index in [9.17, 15) is 10.2 Å². The lowest BCUT2D eigenvalue weighted by atomic mass is 9.75. The molecular weight excluding hydrogens is 596 g/mol. The van der Waals surface area contributed by atoms with Crippen LogP contribution in [0.5, 0.6) is 0 Å². The molecule has 10 rings (SSSR count). The van der Waals surface area contributed by atoms with Crippen molar-refractivity contribution in [2.24, 2.45) is 11.8 Å². The van der Waals surface area contributed by atoms with Crippen LogP contribution in [0.2, 0.25) is 0 Å². The first-order chi connectivity index (χ1) is 23.6. The summed E-state index contributed by atoms with van der Waals surface area (Å²) in [5, 5.41) is 31.2. The smallest absolute Gasteiger partial charge is 0.101 e. The molecule has 8 nitrogen and oxygen atoms in total. The Kier molecular flexibility index (Phi) is 6.85. The van der Waals surface area contributed by atoms with Crippen LogP contribution in [0.4, 0.5) is 0 Å². The third-order valence-corrected chi connectivity index (χ3v) is 11.0. The van der Waals surface area contributed by atoms with Gasteiger partial charge in [0.05, 0.1) is 72.0 Å². The second kappa shape index (κ2) is 11.4. The molecule has 2 aliphatic carbocycles. The van der Waals surface area contributed by atoms with Crippen molar-refractivity contribution < 1.29 is 10.2 Å². The molecule has 4 aliphatic rings. The quantitative estimate of drug-likeness (QED) is 0.219. The largest absolute Gasteiger partial charge is 0.388 e. The number of pyridine rings is 1. The summed E-state index contributed by atoms with van der Waals surface area (Å²) in [5.41, 5.74) is 12.0. The number of rotatable bonds is 2. The van der Waals surface area contributed by atoms with E-state index in [4.69, 9.17) is 5.26 Å². The van der Waals surface area contributed by atoms with E-state index in [1.165, 1.54) is 27.8 Å². The predicted molar refractivity (Wildman–Crippen MR) is 181 cm³/mol. The molecule has 6 atom stereocenters. The molecule has 2 N–H and O–H groups in total. The lowest BCUT2D eigenvalue weighted by Crippen LogP contribution is -2.29. The second-order valence-electron chi connectivity index (χ2n) is 13.3. The highest BCUT2D eigenvalue weighted by Crippen LogP contribution is 2.51. The van der Waals surface area contributed by atoms with Gasteiger partial charge in [0.1, 0.15) is 6.10 Å². The van der Waals surface area contributed by atoms with E-state index in [0.29, 0.717) is 5.56 Å². The number of imidazole rings is 2. The summed E-state index contributed by atoms with van der Waals surface area (Å²) in [6, 6.07) is 28.9. The Morgan fingerprint density at radius 3 is 1.92 bits per heavy atom. The van der Waals surface area contributed by atoms with Crippen LogP contribution in [0, 0.1) is 23.2 Å². The number of aromatic nitrogens is 5. The van der Waals surface area contributed by atoms with Crippen LogP contribution in [0.1, 0.15) is 76.2 Å². The fourth-order valence-corrected chi connectivity index (χ4v) is 8.78. The van der Waals surface area contributed by atoms with Crippen LogP contribution in [0.15, 0.2) is 110 Å². The zero-order valence-electron chi connectivity index (χ0n) is 26.3. The molecule has 236 valence electrons. The van der Waals surface area contributed by atoms with Gasteiger partial charge >= 0.3 is 0 Å². The van der Waals surface area contributed by atoms with Gasteiger partial charge in [-0.25, -0.2) is 9.97 Å². The van der Waals surface area contributed by atoms with Crippen molar-refractivity contribution in [3.63, 3.8) is 0 Å². The summed E-state index contributed by atoms with van der Waals surface area (Å²) in [4.78, 5) is 13.1. The Morgan fingerprint density at radius 1 is 0.667 bits per heavy atom. The van der Waals surface area contributed by atoms with Crippen molar-refractivity contribution in [1.82, 2.24) is 24.1 Å². The van der Waals surface area contributed by atoms with Gasteiger partial charge in [-0.1, -0.05) is 60.7 Å². The normalized spacial score (nSPS) is 24.1. The molecule has 0 radical (unpaired) electrons. The van der Waals surface area contributed by atoms with E-state index >= 15 is 0 Å². The Bertz CT molecular complexity index is 2210. The average molecular weight is 631 g/mol. The highest BCUT2D eigenvalue weighted by Gasteiger charge is 2.42. The fourth-order valence-electron chi connectivity index (χ4n) is 8.78. The fraction of sp³-hybridized carbons (Fsp3) is 0.250. The van der Waals surface area contributed by atoms with Gasteiger partial charge in [0, 0.05) is 29.2 Å². The summed E-state index contributed by atoms with van der Waals surface area (Å²) >= 11 is 0. The van der Waals surface area contributed by atoms with E-state index in [0.717, 1.165) is 53.9 Å². The zero-order valence-corrected chi connectivity index (χ0v) is 26.3. The number of aliphatic hydroxyl groups is 2. The number of aryl methyl sites for hydroxylation is 2. The van der Waals surface area contributed by atoms with Crippen LogP contribution >= 0.6 is 0 Å². The highest BCUT2D eigenvalue weighted by atomic mass is 16.3. The Morgan fingerprint density at radius 2 is 1.27 bits per heavy atom. The van der Waals surface area contributed by atoms with Crippen molar-refractivity contribution >= 4 is 0 Å². The molecule has 8 heteroatoms. The van der Waals surface area contributed by atoms with E-state index < -0.39 is 12.2 Å². The molecule has 0 fully saturated rings. The van der Waals surface area contributed by atoms with Crippen molar-refractivity contribution in [3.05, 3.63) is 149 Å². The number of nitrogens with zero attached hydrogens (tertiary/aromatic N) is 6. The highest BCUT2D eigenvalue weighted by molar-refractivity contribution is 5.70. The van der Waals surface area contributed by atoms with E-state index in [2.05, 4.69) is 84.8 Å². The average Bonchev–Trinajstić information content (AvgIpc) is 3.92. The molecule has 6 unspecified atom stereocenters. The van der Waals surface area contributed by atoms with E-state index in [1.54, 1.807) is 12.3 Å². The van der Waals surface area contributed by atoms with Gasteiger partial charge in [0.2, 0.25) is 0 Å². The first kappa shape index (κ1) is 28.8. The third kappa shape index (κ3) is 4.39. The number of benzene rings is 3. The van der Waals surface area contributed by atoms with Crippen LogP contribution in [0.3, 0.4) is 0 Å². The molecule has 3 aromatic carbocycles. The minimum Gasteiger partial charge on any atom is -0.388 e. The molecule has 3 aromatic heterocycles. The van der Waals surface area contributed by atoms with E-state index in [1.807, 2.05) is 43.2 Å². The molecule has 0 amide bonds. The first-order valence-electron chi connectivity index (χ1n) is 16.7. The summed E-state index contributed by atoms with van der Waals surface area (Å²) < 4.78 is 4.42. The maximum absolute atomic E-state index is 11.1. The lowest BCUT2D eigenvalue weighted by Gasteiger charge is -2.35. The van der Waals surface area contributed by atoms with E-state index in [-0.39, 0.29) is 23.9 Å².